The molecule has 0 spiro atoms. The van der Waals surface area contributed by atoms with Crippen molar-refractivity contribution in [2.75, 3.05) is 0 Å². The summed E-state index contributed by atoms with van der Waals surface area (Å²) in [5, 5.41) is 2.76. The number of ether oxygens (including phenoxy) is 1. The Morgan fingerprint density at radius 1 is 1.18 bits per heavy atom. The Labute approximate surface area is 139 Å². The van der Waals surface area contributed by atoms with Gasteiger partial charge in [-0.3, -0.25) is 4.98 Å². The Kier molecular flexibility index (Phi) is 5.19. The molecule has 0 saturated carbocycles. The summed E-state index contributed by atoms with van der Waals surface area (Å²) in [6, 6.07) is 9.88. The molecule has 0 radical (unpaired) electrons. The summed E-state index contributed by atoms with van der Waals surface area (Å²) < 4.78 is 6.14. The molecular weight excluding hydrogens is 344 g/mol. The molecule has 2 aromatic rings. The maximum atomic E-state index is 11.6. The van der Waals surface area contributed by atoms with Crippen LogP contribution in [0, 0.1) is 0 Å². The number of hydrogen-bond donors (Lipinski definition) is 1. The van der Waals surface area contributed by atoms with Crippen molar-refractivity contribution in [1.29, 1.82) is 0 Å². The normalized spacial score (nSPS) is 11.1. The average molecular weight is 363 g/mol. The van der Waals surface area contributed by atoms with Crippen LogP contribution in [0.1, 0.15) is 26.3 Å². The number of carbonyl (C=O) groups is 1. The maximum Gasteiger partial charge on any atom is 0.407 e. The average Bonchev–Trinajstić information content (AvgIpc) is 2.44. The predicted octanol–water partition coefficient (Wildman–Crippen LogP) is 4.54. The van der Waals surface area contributed by atoms with Crippen molar-refractivity contribution in [2.24, 2.45) is 0 Å². The quantitative estimate of drug-likeness (QED) is 0.871. The van der Waals surface area contributed by atoms with Crippen LogP contribution < -0.4 is 5.32 Å². The highest BCUT2D eigenvalue weighted by Crippen LogP contribution is 2.22. The third-order valence-electron chi connectivity index (χ3n) is 2.84. The van der Waals surface area contributed by atoms with Crippen molar-refractivity contribution in [2.45, 2.75) is 32.9 Å². The molecule has 1 heterocycles. The van der Waals surface area contributed by atoms with Crippen LogP contribution in [0.3, 0.4) is 0 Å². The van der Waals surface area contributed by atoms with Gasteiger partial charge >= 0.3 is 6.09 Å². The van der Waals surface area contributed by atoms with Gasteiger partial charge in [0.25, 0.3) is 0 Å². The first-order chi connectivity index (χ1) is 10.3. The fourth-order valence-corrected chi connectivity index (χ4v) is 2.22. The van der Waals surface area contributed by atoms with Gasteiger partial charge in [0, 0.05) is 28.0 Å². The number of rotatable bonds is 3. The molecule has 0 atom stereocenters. The molecule has 1 amide bonds. The minimum absolute atomic E-state index is 0.249. The van der Waals surface area contributed by atoms with Gasteiger partial charge in [-0.1, -0.05) is 24.3 Å². The van der Waals surface area contributed by atoms with Crippen LogP contribution >= 0.6 is 15.9 Å². The van der Waals surface area contributed by atoms with Gasteiger partial charge in [0.05, 0.1) is 0 Å². The smallest absolute Gasteiger partial charge is 0.407 e. The van der Waals surface area contributed by atoms with E-state index in [-0.39, 0.29) is 12.1 Å². The van der Waals surface area contributed by atoms with Gasteiger partial charge in [-0.2, -0.15) is 0 Å². The summed E-state index contributed by atoms with van der Waals surface area (Å²) in [5.41, 5.74) is 2.74. The van der Waals surface area contributed by atoms with Crippen LogP contribution in [0.2, 0.25) is 0 Å². The molecule has 0 aliphatic rings. The van der Waals surface area contributed by atoms with E-state index in [1.165, 1.54) is 0 Å². The molecule has 0 bridgehead atoms. The minimum Gasteiger partial charge on any atom is -0.445 e. The van der Waals surface area contributed by atoms with E-state index in [4.69, 9.17) is 4.74 Å². The number of halogens is 1. The summed E-state index contributed by atoms with van der Waals surface area (Å²) in [6.07, 6.45) is 3.15. The molecule has 2 rings (SSSR count). The fraction of sp³-hybridized carbons (Fsp3) is 0.294. The van der Waals surface area contributed by atoms with E-state index in [2.05, 4.69) is 26.2 Å². The van der Waals surface area contributed by atoms with Crippen molar-refractivity contribution >= 4 is 22.0 Å². The summed E-state index contributed by atoms with van der Waals surface area (Å²) in [6.45, 7) is 5.98. The first-order valence-electron chi connectivity index (χ1n) is 6.98. The largest absolute Gasteiger partial charge is 0.445 e. The van der Waals surface area contributed by atoms with Gasteiger partial charge in [0.1, 0.15) is 6.61 Å². The van der Waals surface area contributed by atoms with E-state index in [0.717, 1.165) is 21.2 Å². The number of aromatic nitrogens is 1. The fourth-order valence-electron chi connectivity index (χ4n) is 1.85. The second-order valence-electron chi connectivity index (χ2n) is 6.04. The van der Waals surface area contributed by atoms with Crippen LogP contribution in [-0.2, 0) is 11.3 Å². The van der Waals surface area contributed by atoms with E-state index in [0.29, 0.717) is 0 Å². The van der Waals surface area contributed by atoms with E-state index in [1.807, 2.05) is 57.3 Å². The Bertz CT molecular complexity index is 648. The molecule has 5 heteroatoms. The molecule has 1 aromatic heterocycles. The van der Waals surface area contributed by atoms with Gasteiger partial charge in [0.15, 0.2) is 0 Å². The predicted molar refractivity (Wildman–Crippen MR) is 90.4 cm³/mol. The lowest BCUT2D eigenvalue weighted by atomic mass is 10.1. The number of amides is 1. The Hall–Kier alpha value is -1.88. The van der Waals surface area contributed by atoms with Gasteiger partial charge < -0.3 is 10.1 Å². The Balaban J connectivity index is 1.96. The Morgan fingerprint density at radius 2 is 1.86 bits per heavy atom. The molecule has 0 aliphatic heterocycles. The van der Waals surface area contributed by atoms with Crippen molar-refractivity contribution < 1.29 is 9.53 Å². The number of carbonyl (C=O) groups excluding carboxylic acids is 1. The number of benzene rings is 1. The van der Waals surface area contributed by atoms with Gasteiger partial charge in [0.2, 0.25) is 0 Å². The number of nitrogens with zero attached hydrogens (tertiary/aromatic N) is 1. The molecule has 1 aromatic carbocycles. The van der Waals surface area contributed by atoms with Crippen molar-refractivity contribution in [3.63, 3.8) is 0 Å². The lowest BCUT2D eigenvalue weighted by molar-refractivity contribution is 0.131. The third kappa shape index (κ3) is 5.15. The lowest BCUT2D eigenvalue weighted by Gasteiger charge is -2.19. The topological polar surface area (TPSA) is 51.2 Å². The number of pyridine rings is 1. The standard InChI is InChI=1S/C17H19BrN2O2/c1-17(2,3)20-16(21)22-11-12-4-6-13(7-5-12)14-8-15(18)10-19-9-14/h4-10H,11H2,1-3H3,(H,20,21). The number of nitrogens with one attached hydrogen (secondary N) is 1. The maximum absolute atomic E-state index is 11.6. The summed E-state index contributed by atoms with van der Waals surface area (Å²) in [5.74, 6) is 0. The summed E-state index contributed by atoms with van der Waals surface area (Å²) in [7, 11) is 0. The van der Waals surface area contributed by atoms with Gasteiger partial charge in [-0.05, 0) is 53.9 Å². The molecule has 116 valence electrons. The molecule has 0 aliphatic carbocycles. The highest BCUT2D eigenvalue weighted by atomic mass is 79.9. The lowest BCUT2D eigenvalue weighted by Crippen LogP contribution is -2.40. The van der Waals surface area contributed by atoms with E-state index in [1.54, 1.807) is 6.20 Å². The minimum atomic E-state index is -0.409. The van der Waals surface area contributed by atoms with Crippen LogP contribution in [0.15, 0.2) is 47.2 Å². The SMILES string of the molecule is CC(C)(C)NC(=O)OCc1ccc(-c2cncc(Br)c2)cc1. The van der Waals surface area contributed by atoms with Gasteiger partial charge in [-0.15, -0.1) is 0 Å². The third-order valence-corrected chi connectivity index (χ3v) is 3.27. The molecule has 0 saturated heterocycles. The van der Waals surface area contributed by atoms with Crippen molar-refractivity contribution in [3.8, 4) is 11.1 Å². The molecule has 1 N–H and O–H groups in total. The zero-order valence-corrected chi connectivity index (χ0v) is 14.5. The zero-order chi connectivity index (χ0) is 16.2. The highest BCUT2D eigenvalue weighted by molar-refractivity contribution is 9.10. The van der Waals surface area contributed by atoms with Crippen molar-refractivity contribution in [1.82, 2.24) is 10.3 Å². The summed E-state index contributed by atoms with van der Waals surface area (Å²) >= 11 is 3.41. The Morgan fingerprint density at radius 3 is 2.45 bits per heavy atom. The van der Waals surface area contributed by atoms with Gasteiger partial charge in [-0.25, -0.2) is 4.79 Å². The molecule has 4 nitrogen and oxygen atoms in total. The van der Waals surface area contributed by atoms with Crippen LogP contribution in [-0.4, -0.2) is 16.6 Å². The molecule has 0 unspecified atom stereocenters. The first kappa shape index (κ1) is 16.5. The van der Waals surface area contributed by atoms with Crippen LogP contribution in [0.25, 0.3) is 11.1 Å². The molecular formula is C17H19BrN2O2. The van der Waals surface area contributed by atoms with E-state index < -0.39 is 6.09 Å². The van der Waals surface area contributed by atoms with Crippen molar-refractivity contribution in [3.05, 3.63) is 52.8 Å². The zero-order valence-electron chi connectivity index (χ0n) is 12.9. The van der Waals surface area contributed by atoms with Crippen LogP contribution in [0.5, 0.6) is 0 Å². The first-order valence-corrected chi connectivity index (χ1v) is 7.77. The highest BCUT2D eigenvalue weighted by Gasteiger charge is 2.14. The second-order valence-corrected chi connectivity index (χ2v) is 6.96. The summed E-state index contributed by atoms with van der Waals surface area (Å²) in [4.78, 5) is 15.8. The molecule has 22 heavy (non-hydrogen) atoms. The molecule has 0 fully saturated rings. The van der Waals surface area contributed by atoms with E-state index >= 15 is 0 Å². The monoisotopic (exact) mass is 362 g/mol. The number of hydrogen-bond acceptors (Lipinski definition) is 3. The number of alkyl carbamates (subject to hydrolysis) is 1. The van der Waals surface area contributed by atoms with Crippen LogP contribution in [0.4, 0.5) is 4.79 Å². The second kappa shape index (κ2) is 6.92. The van der Waals surface area contributed by atoms with E-state index in [9.17, 15) is 4.79 Å².